The molecule has 7 heteroatoms. The number of nitrogens with zero attached hydrogens (tertiary/aromatic N) is 1. The molecule has 7 nitrogen and oxygen atoms in total. The molecule has 1 aromatic heterocycles. The number of hydrogen-bond donors (Lipinski definition) is 2. The number of aryl methyl sites for hydroxylation is 1. The second-order valence-electron chi connectivity index (χ2n) is 6.25. The van der Waals surface area contributed by atoms with E-state index >= 15 is 0 Å². The number of carbonyl (C=O) groups excluding carboxylic acids is 2. The maximum absolute atomic E-state index is 12.5. The summed E-state index contributed by atoms with van der Waals surface area (Å²) in [6.07, 6.45) is 0.0487. The van der Waals surface area contributed by atoms with E-state index in [0.29, 0.717) is 22.3 Å². The van der Waals surface area contributed by atoms with Crippen LogP contribution in [0.4, 0.5) is 5.69 Å². The summed E-state index contributed by atoms with van der Waals surface area (Å²) < 4.78 is 0. The smallest absolute Gasteiger partial charge is 0.275 e. The first-order valence-electron chi connectivity index (χ1n) is 8.54. The van der Waals surface area contributed by atoms with Crippen LogP contribution in [0.3, 0.4) is 0 Å². The first-order chi connectivity index (χ1) is 12.9. The predicted molar refractivity (Wildman–Crippen MR) is 100 cm³/mol. The van der Waals surface area contributed by atoms with E-state index in [-0.39, 0.29) is 36.4 Å². The Labute approximate surface area is 155 Å². The fraction of sp³-hybridized carbons (Fsp3) is 0.200. The highest BCUT2D eigenvalue weighted by atomic mass is 16.4. The van der Waals surface area contributed by atoms with E-state index in [1.807, 2.05) is 25.1 Å². The summed E-state index contributed by atoms with van der Waals surface area (Å²) in [7, 11) is 0. The molecule has 138 valence electrons. The molecule has 0 saturated carbocycles. The Kier molecular flexibility index (Phi) is 5.30. The molecule has 0 spiro atoms. The molecule has 1 amide bonds. The first-order valence-corrected chi connectivity index (χ1v) is 8.54. The minimum Gasteiger partial charge on any atom is -0.550 e. The fourth-order valence-electron chi connectivity index (χ4n) is 2.78. The summed E-state index contributed by atoms with van der Waals surface area (Å²) in [6, 6.07) is 12.5. The number of aromatic nitrogens is 2. The largest absolute Gasteiger partial charge is 0.550 e. The standard InChI is InChI=1S/C20H19N3O4/c1-12-9-10-14(21-17(24)7-4-8-18(25)26)13(11-12)19-20(27)23-16-6-3-2-5-15(16)22-19/h2-3,5-6,9-11H,4,7-8H2,1H3,(H,21,24)(H,23,27)(H,25,26)/p-1. The third kappa shape index (κ3) is 4.38. The molecule has 2 N–H and O–H groups in total. The van der Waals surface area contributed by atoms with Gasteiger partial charge in [-0.05, 0) is 44.0 Å². The maximum atomic E-state index is 12.5. The molecule has 0 saturated heterocycles. The van der Waals surface area contributed by atoms with Crippen molar-refractivity contribution in [1.29, 1.82) is 0 Å². The Morgan fingerprint density at radius 1 is 1.15 bits per heavy atom. The topological polar surface area (TPSA) is 115 Å². The summed E-state index contributed by atoms with van der Waals surface area (Å²) in [5.41, 5.74) is 3.00. The van der Waals surface area contributed by atoms with E-state index < -0.39 is 5.97 Å². The SMILES string of the molecule is Cc1ccc(NC(=O)CCCC(=O)[O-])c(-c2nc3ccccc3[nH]c2=O)c1. The third-order valence-electron chi connectivity index (χ3n) is 4.09. The maximum Gasteiger partial charge on any atom is 0.275 e. The van der Waals surface area contributed by atoms with Crippen LogP contribution in [0, 0.1) is 6.92 Å². The minimum absolute atomic E-state index is 0.0444. The van der Waals surface area contributed by atoms with Crippen molar-refractivity contribution >= 4 is 28.6 Å². The lowest BCUT2D eigenvalue weighted by Crippen LogP contribution is -2.22. The highest BCUT2D eigenvalue weighted by Crippen LogP contribution is 2.27. The molecule has 0 bridgehead atoms. The lowest BCUT2D eigenvalue weighted by molar-refractivity contribution is -0.305. The van der Waals surface area contributed by atoms with Gasteiger partial charge < -0.3 is 20.2 Å². The number of benzene rings is 2. The number of carbonyl (C=O) groups is 2. The summed E-state index contributed by atoms with van der Waals surface area (Å²) in [4.78, 5) is 42.4. The van der Waals surface area contributed by atoms with Gasteiger partial charge in [0.05, 0.1) is 16.7 Å². The second kappa shape index (κ2) is 7.82. The number of para-hydroxylation sites is 2. The Bertz CT molecular complexity index is 1070. The van der Waals surface area contributed by atoms with Gasteiger partial charge in [-0.25, -0.2) is 4.98 Å². The van der Waals surface area contributed by atoms with Gasteiger partial charge in [-0.15, -0.1) is 0 Å². The lowest BCUT2D eigenvalue weighted by atomic mass is 10.1. The van der Waals surface area contributed by atoms with Gasteiger partial charge in [-0.2, -0.15) is 0 Å². The Balaban J connectivity index is 1.95. The summed E-state index contributed by atoms with van der Waals surface area (Å²) in [6.45, 7) is 1.88. The zero-order valence-electron chi connectivity index (χ0n) is 14.7. The minimum atomic E-state index is -1.19. The van der Waals surface area contributed by atoms with Crippen LogP contribution >= 0.6 is 0 Å². The molecule has 27 heavy (non-hydrogen) atoms. The fourth-order valence-corrected chi connectivity index (χ4v) is 2.78. The molecule has 0 atom stereocenters. The highest BCUT2D eigenvalue weighted by Gasteiger charge is 2.14. The van der Waals surface area contributed by atoms with E-state index in [9.17, 15) is 19.5 Å². The van der Waals surface area contributed by atoms with Gasteiger partial charge in [-0.3, -0.25) is 9.59 Å². The Hall–Kier alpha value is -3.48. The number of H-pyrrole nitrogens is 1. The summed E-state index contributed by atoms with van der Waals surface area (Å²) >= 11 is 0. The zero-order chi connectivity index (χ0) is 19.4. The molecule has 1 heterocycles. The van der Waals surface area contributed by atoms with E-state index in [2.05, 4.69) is 15.3 Å². The average molecular weight is 364 g/mol. The number of nitrogens with one attached hydrogen (secondary N) is 2. The van der Waals surface area contributed by atoms with Crippen LogP contribution in [-0.2, 0) is 9.59 Å². The van der Waals surface area contributed by atoms with Crippen molar-refractivity contribution in [3.05, 3.63) is 58.4 Å². The Morgan fingerprint density at radius 3 is 2.70 bits per heavy atom. The second-order valence-corrected chi connectivity index (χ2v) is 6.25. The van der Waals surface area contributed by atoms with Crippen LogP contribution in [0.15, 0.2) is 47.3 Å². The van der Waals surface area contributed by atoms with Crippen molar-refractivity contribution in [2.24, 2.45) is 0 Å². The van der Waals surface area contributed by atoms with Crippen molar-refractivity contribution in [3.8, 4) is 11.3 Å². The van der Waals surface area contributed by atoms with Crippen molar-refractivity contribution in [2.45, 2.75) is 26.2 Å². The number of aliphatic carboxylic acids is 1. The van der Waals surface area contributed by atoms with Crippen molar-refractivity contribution in [3.63, 3.8) is 0 Å². The van der Waals surface area contributed by atoms with Crippen LogP contribution in [-0.4, -0.2) is 21.8 Å². The van der Waals surface area contributed by atoms with Crippen LogP contribution in [0.1, 0.15) is 24.8 Å². The van der Waals surface area contributed by atoms with Gasteiger partial charge in [-0.1, -0.05) is 23.8 Å². The normalized spacial score (nSPS) is 10.7. The monoisotopic (exact) mass is 364 g/mol. The van der Waals surface area contributed by atoms with Gasteiger partial charge in [0.15, 0.2) is 0 Å². The zero-order valence-corrected chi connectivity index (χ0v) is 14.7. The number of rotatable bonds is 6. The predicted octanol–water partition coefficient (Wildman–Crippen LogP) is 1.76. The molecule has 0 radical (unpaired) electrons. The third-order valence-corrected chi connectivity index (χ3v) is 4.09. The number of amides is 1. The van der Waals surface area contributed by atoms with Gasteiger partial charge in [0, 0.05) is 18.0 Å². The average Bonchev–Trinajstić information content (AvgIpc) is 2.62. The number of hydrogen-bond acceptors (Lipinski definition) is 5. The highest BCUT2D eigenvalue weighted by molar-refractivity contribution is 5.95. The molecule has 2 aromatic carbocycles. The van der Waals surface area contributed by atoms with E-state index in [1.54, 1.807) is 24.3 Å². The number of fused-ring (bicyclic) bond motifs is 1. The van der Waals surface area contributed by atoms with Gasteiger partial charge in [0.25, 0.3) is 5.56 Å². The number of carboxylic acids is 1. The molecule has 0 fully saturated rings. The van der Waals surface area contributed by atoms with E-state index in [4.69, 9.17) is 0 Å². The lowest BCUT2D eigenvalue weighted by Gasteiger charge is -2.12. The quantitative estimate of drug-likeness (QED) is 0.691. The summed E-state index contributed by atoms with van der Waals surface area (Å²) in [5.74, 6) is -1.52. The number of carboxylic acid groups (broad SMARTS) is 1. The molecular formula is C20H18N3O4-. The van der Waals surface area contributed by atoms with Gasteiger partial charge in [0.1, 0.15) is 5.69 Å². The van der Waals surface area contributed by atoms with Crippen LogP contribution < -0.4 is 16.0 Å². The van der Waals surface area contributed by atoms with Gasteiger partial charge >= 0.3 is 0 Å². The first kappa shape index (κ1) is 18.3. The molecule has 0 aliphatic heterocycles. The van der Waals surface area contributed by atoms with Gasteiger partial charge in [0.2, 0.25) is 5.91 Å². The van der Waals surface area contributed by atoms with Crippen LogP contribution in [0.2, 0.25) is 0 Å². The van der Waals surface area contributed by atoms with E-state index in [1.165, 1.54) is 0 Å². The number of aromatic amines is 1. The Morgan fingerprint density at radius 2 is 1.93 bits per heavy atom. The van der Waals surface area contributed by atoms with Crippen molar-refractivity contribution in [2.75, 3.05) is 5.32 Å². The summed E-state index contributed by atoms with van der Waals surface area (Å²) in [5, 5.41) is 13.2. The molecule has 3 rings (SSSR count). The number of anilines is 1. The molecular weight excluding hydrogens is 346 g/mol. The van der Waals surface area contributed by atoms with Crippen molar-refractivity contribution < 1.29 is 14.7 Å². The molecule has 0 aliphatic rings. The molecule has 0 aliphatic carbocycles. The van der Waals surface area contributed by atoms with Crippen LogP contribution in [0.5, 0.6) is 0 Å². The van der Waals surface area contributed by atoms with Crippen molar-refractivity contribution in [1.82, 2.24) is 9.97 Å². The molecule has 3 aromatic rings. The van der Waals surface area contributed by atoms with E-state index in [0.717, 1.165) is 5.56 Å². The molecule has 0 unspecified atom stereocenters. The van der Waals surface area contributed by atoms with Crippen LogP contribution in [0.25, 0.3) is 22.3 Å².